The minimum absolute atomic E-state index is 0.00961. The van der Waals surface area contributed by atoms with Crippen LogP contribution in [0.1, 0.15) is 23.7 Å². The van der Waals surface area contributed by atoms with Crippen LogP contribution in [0.3, 0.4) is 0 Å². The molecule has 162 valence electrons. The SMILES string of the molecule is CCC(OC(=O)c1ccccc1-c1nc2ccccc2[nH]1)C(=O)Nc1ccc(Br)cc1F. The maximum absolute atomic E-state index is 14.1. The van der Waals surface area contributed by atoms with Gasteiger partial charge in [-0.15, -0.1) is 0 Å². The first-order chi connectivity index (χ1) is 15.5. The van der Waals surface area contributed by atoms with Gasteiger partial charge in [-0.05, 0) is 42.8 Å². The van der Waals surface area contributed by atoms with Crippen molar-refractivity contribution in [3.63, 3.8) is 0 Å². The molecule has 8 heteroatoms. The van der Waals surface area contributed by atoms with Gasteiger partial charge in [0, 0.05) is 10.0 Å². The first-order valence-electron chi connectivity index (χ1n) is 9.97. The summed E-state index contributed by atoms with van der Waals surface area (Å²) in [6.07, 6.45) is -0.864. The summed E-state index contributed by atoms with van der Waals surface area (Å²) in [5.74, 6) is -1.35. The Morgan fingerprint density at radius 3 is 2.62 bits per heavy atom. The van der Waals surface area contributed by atoms with E-state index in [0.29, 0.717) is 15.9 Å². The number of fused-ring (bicyclic) bond motifs is 1. The first-order valence-corrected chi connectivity index (χ1v) is 10.8. The molecule has 0 bridgehead atoms. The lowest BCUT2D eigenvalue weighted by Gasteiger charge is -2.17. The molecule has 1 aromatic heterocycles. The smallest absolute Gasteiger partial charge is 0.339 e. The Morgan fingerprint density at radius 1 is 1.12 bits per heavy atom. The van der Waals surface area contributed by atoms with E-state index in [1.54, 1.807) is 37.3 Å². The number of carbonyl (C=O) groups excluding carboxylic acids is 2. The number of halogens is 2. The van der Waals surface area contributed by atoms with Gasteiger partial charge in [-0.25, -0.2) is 14.2 Å². The molecule has 1 heterocycles. The van der Waals surface area contributed by atoms with E-state index in [1.807, 2.05) is 24.3 Å². The summed E-state index contributed by atoms with van der Waals surface area (Å²) >= 11 is 3.17. The zero-order chi connectivity index (χ0) is 22.7. The lowest BCUT2D eigenvalue weighted by Crippen LogP contribution is -2.32. The number of rotatable bonds is 6. The summed E-state index contributed by atoms with van der Waals surface area (Å²) in [4.78, 5) is 33.3. The maximum atomic E-state index is 14.1. The van der Waals surface area contributed by atoms with Gasteiger partial charge in [0.25, 0.3) is 5.91 Å². The van der Waals surface area contributed by atoms with Crippen LogP contribution in [-0.4, -0.2) is 27.9 Å². The summed E-state index contributed by atoms with van der Waals surface area (Å²) in [5.41, 5.74) is 2.45. The molecule has 0 fully saturated rings. The minimum atomic E-state index is -1.09. The van der Waals surface area contributed by atoms with Gasteiger partial charge < -0.3 is 15.0 Å². The van der Waals surface area contributed by atoms with Crippen molar-refractivity contribution in [2.75, 3.05) is 5.32 Å². The van der Waals surface area contributed by atoms with E-state index >= 15 is 0 Å². The molecule has 1 unspecified atom stereocenters. The second kappa shape index (κ2) is 9.32. The van der Waals surface area contributed by atoms with Crippen LogP contribution in [0, 0.1) is 5.82 Å². The van der Waals surface area contributed by atoms with Gasteiger partial charge in [-0.2, -0.15) is 0 Å². The molecule has 0 aliphatic carbocycles. The molecule has 0 aliphatic rings. The Kier molecular flexibility index (Phi) is 6.32. The third-order valence-electron chi connectivity index (χ3n) is 4.89. The third-order valence-corrected chi connectivity index (χ3v) is 5.39. The fourth-order valence-corrected chi connectivity index (χ4v) is 3.60. The second-order valence-electron chi connectivity index (χ2n) is 7.06. The molecule has 0 aliphatic heterocycles. The van der Waals surface area contributed by atoms with E-state index in [-0.39, 0.29) is 17.7 Å². The lowest BCUT2D eigenvalue weighted by molar-refractivity contribution is -0.124. The Bertz CT molecular complexity index is 1270. The van der Waals surface area contributed by atoms with E-state index in [2.05, 4.69) is 31.2 Å². The number of anilines is 1. The molecule has 0 saturated heterocycles. The molecule has 4 rings (SSSR count). The van der Waals surface area contributed by atoms with Crippen LogP contribution < -0.4 is 5.32 Å². The van der Waals surface area contributed by atoms with E-state index in [9.17, 15) is 14.0 Å². The topological polar surface area (TPSA) is 84.1 Å². The Morgan fingerprint density at radius 2 is 1.88 bits per heavy atom. The van der Waals surface area contributed by atoms with Crippen LogP contribution >= 0.6 is 15.9 Å². The fourth-order valence-electron chi connectivity index (χ4n) is 3.27. The standard InChI is InChI=1S/C24H19BrFN3O3/c1-2-21(23(30)29-18-12-11-14(25)13-17(18)26)32-24(31)16-8-4-3-7-15(16)22-27-19-9-5-6-10-20(19)28-22/h3-13,21H,2H2,1H3,(H,27,28)(H,29,30). The molecule has 0 spiro atoms. The zero-order valence-electron chi connectivity index (χ0n) is 17.1. The number of aromatic nitrogens is 2. The molecule has 1 atom stereocenters. The number of imidazole rings is 1. The van der Waals surface area contributed by atoms with Crippen LogP contribution in [-0.2, 0) is 9.53 Å². The number of aromatic amines is 1. The number of para-hydroxylation sites is 2. The molecule has 0 saturated carbocycles. The highest BCUT2D eigenvalue weighted by molar-refractivity contribution is 9.10. The molecule has 1 amide bonds. The van der Waals surface area contributed by atoms with Crippen molar-refractivity contribution in [1.29, 1.82) is 0 Å². The zero-order valence-corrected chi connectivity index (χ0v) is 18.6. The van der Waals surface area contributed by atoms with E-state index in [1.165, 1.54) is 12.1 Å². The van der Waals surface area contributed by atoms with Crippen LogP contribution in [0.25, 0.3) is 22.4 Å². The summed E-state index contributed by atoms with van der Waals surface area (Å²) < 4.78 is 20.1. The van der Waals surface area contributed by atoms with Gasteiger partial charge in [0.05, 0.1) is 22.3 Å². The number of nitrogens with one attached hydrogen (secondary N) is 2. The van der Waals surface area contributed by atoms with Gasteiger partial charge >= 0.3 is 5.97 Å². The molecule has 0 radical (unpaired) electrons. The number of amides is 1. The highest BCUT2D eigenvalue weighted by Crippen LogP contribution is 2.25. The van der Waals surface area contributed by atoms with E-state index in [0.717, 1.165) is 11.0 Å². The van der Waals surface area contributed by atoms with Gasteiger partial charge in [0.15, 0.2) is 6.10 Å². The van der Waals surface area contributed by atoms with Crippen LogP contribution in [0.2, 0.25) is 0 Å². The highest BCUT2D eigenvalue weighted by Gasteiger charge is 2.25. The van der Waals surface area contributed by atoms with Crippen molar-refractivity contribution >= 4 is 44.5 Å². The highest BCUT2D eigenvalue weighted by atomic mass is 79.9. The Hall–Kier alpha value is -3.52. The molecule has 2 N–H and O–H groups in total. The van der Waals surface area contributed by atoms with E-state index < -0.39 is 23.8 Å². The molecule has 3 aromatic carbocycles. The molecule has 4 aromatic rings. The summed E-state index contributed by atoms with van der Waals surface area (Å²) in [5, 5.41) is 2.48. The van der Waals surface area contributed by atoms with Gasteiger partial charge in [0.2, 0.25) is 0 Å². The van der Waals surface area contributed by atoms with Gasteiger partial charge in [-0.3, -0.25) is 4.79 Å². The number of carbonyl (C=O) groups is 2. The van der Waals surface area contributed by atoms with Crippen LogP contribution in [0.15, 0.2) is 71.2 Å². The summed E-state index contributed by atoms with van der Waals surface area (Å²) in [6.45, 7) is 1.71. The second-order valence-corrected chi connectivity index (χ2v) is 7.98. The van der Waals surface area contributed by atoms with Crippen molar-refractivity contribution in [3.05, 3.63) is 82.6 Å². The minimum Gasteiger partial charge on any atom is -0.449 e. The number of nitrogens with zero attached hydrogens (tertiary/aromatic N) is 1. The fraction of sp³-hybridized carbons (Fsp3) is 0.125. The average molecular weight is 496 g/mol. The van der Waals surface area contributed by atoms with Crippen molar-refractivity contribution in [2.24, 2.45) is 0 Å². The monoisotopic (exact) mass is 495 g/mol. The van der Waals surface area contributed by atoms with Crippen molar-refractivity contribution in [1.82, 2.24) is 9.97 Å². The first kappa shape index (κ1) is 21.7. The molecule has 32 heavy (non-hydrogen) atoms. The number of benzene rings is 3. The molecule has 6 nitrogen and oxygen atoms in total. The quantitative estimate of drug-likeness (QED) is 0.335. The maximum Gasteiger partial charge on any atom is 0.339 e. The number of hydrogen-bond donors (Lipinski definition) is 2. The lowest BCUT2D eigenvalue weighted by atomic mass is 10.1. The molecular formula is C24H19BrFN3O3. The van der Waals surface area contributed by atoms with Crippen LogP contribution in [0.4, 0.5) is 10.1 Å². The molecular weight excluding hydrogens is 477 g/mol. The van der Waals surface area contributed by atoms with Crippen molar-refractivity contribution in [2.45, 2.75) is 19.4 Å². The largest absolute Gasteiger partial charge is 0.449 e. The summed E-state index contributed by atoms with van der Waals surface area (Å²) in [7, 11) is 0. The summed E-state index contributed by atoms with van der Waals surface area (Å²) in [6, 6.07) is 18.7. The number of ether oxygens (including phenoxy) is 1. The average Bonchev–Trinajstić information content (AvgIpc) is 3.23. The third kappa shape index (κ3) is 4.55. The number of hydrogen-bond acceptors (Lipinski definition) is 4. The van der Waals surface area contributed by atoms with Gasteiger partial charge in [-0.1, -0.05) is 53.2 Å². The number of esters is 1. The van der Waals surface area contributed by atoms with E-state index in [4.69, 9.17) is 4.74 Å². The van der Waals surface area contributed by atoms with Crippen molar-refractivity contribution in [3.8, 4) is 11.4 Å². The Balaban J connectivity index is 1.55. The predicted molar refractivity (Wildman–Crippen MR) is 124 cm³/mol. The normalized spacial score (nSPS) is 11.8. The predicted octanol–water partition coefficient (Wildman–Crippen LogP) is 5.71. The number of H-pyrrole nitrogens is 1. The Labute approximate surface area is 192 Å². The van der Waals surface area contributed by atoms with Crippen molar-refractivity contribution < 1.29 is 18.7 Å². The van der Waals surface area contributed by atoms with Gasteiger partial charge in [0.1, 0.15) is 11.6 Å². The van der Waals surface area contributed by atoms with Crippen LogP contribution in [0.5, 0.6) is 0 Å².